The molecule has 1 aliphatic rings. The average Bonchev–Trinajstić information content (AvgIpc) is 2.56. The molecule has 1 aliphatic heterocycles. The van der Waals surface area contributed by atoms with Crippen LogP contribution in [0, 0.1) is 18.3 Å². The molecule has 2 rings (SSSR count). The molecule has 1 aromatic rings. The molecule has 0 aromatic heterocycles. The molecule has 3 heteroatoms. The summed E-state index contributed by atoms with van der Waals surface area (Å²) in [7, 11) is 0. The zero-order valence-corrected chi connectivity index (χ0v) is 10.3. The van der Waals surface area contributed by atoms with E-state index in [1.807, 2.05) is 0 Å². The summed E-state index contributed by atoms with van der Waals surface area (Å²) >= 11 is 0. The van der Waals surface area contributed by atoms with Gasteiger partial charge in [0.15, 0.2) is 0 Å². The van der Waals surface area contributed by atoms with E-state index in [-0.39, 0.29) is 0 Å². The van der Waals surface area contributed by atoms with E-state index in [9.17, 15) is 0 Å². The molecule has 0 spiro atoms. The summed E-state index contributed by atoms with van der Waals surface area (Å²) < 4.78 is 0. The first-order chi connectivity index (χ1) is 8.33. The van der Waals surface area contributed by atoms with Crippen LogP contribution in [0.3, 0.4) is 0 Å². The second-order valence-corrected chi connectivity index (χ2v) is 4.55. The van der Waals surface area contributed by atoms with Gasteiger partial charge in [0.2, 0.25) is 0 Å². The van der Waals surface area contributed by atoms with Gasteiger partial charge in [-0.3, -0.25) is 0 Å². The molecule has 1 unspecified atom stereocenters. The Morgan fingerprint density at radius 3 is 3.06 bits per heavy atom. The molecule has 0 amide bonds. The Balaban J connectivity index is 2.26. The van der Waals surface area contributed by atoms with E-state index in [4.69, 9.17) is 5.26 Å². The first-order valence-electron chi connectivity index (χ1n) is 6.23. The summed E-state index contributed by atoms with van der Waals surface area (Å²) in [6.07, 6.45) is 1.72. The van der Waals surface area contributed by atoms with Crippen molar-refractivity contribution in [2.24, 2.45) is 0 Å². The molecule has 90 valence electrons. The molecule has 1 N–H and O–H groups in total. The van der Waals surface area contributed by atoms with Gasteiger partial charge in [0.1, 0.15) is 0 Å². The Bertz CT molecular complexity index is 408. The third-order valence-corrected chi connectivity index (χ3v) is 3.33. The van der Waals surface area contributed by atoms with Crippen LogP contribution in [0.15, 0.2) is 24.3 Å². The minimum absolute atomic E-state index is 0.295. The number of anilines is 1. The first kappa shape index (κ1) is 11.9. The molecule has 3 nitrogen and oxygen atoms in total. The van der Waals surface area contributed by atoms with Crippen LogP contribution < -0.4 is 10.2 Å². The molecule has 1 heterocycles. The fourth-order valence-corrected chi connectivity index (χ4v) is 2.43. The number of rotatable bonds is 2. The molecule has 0 radical (unpaired) electrons. The molecule has 1 aromatic carbocycles. The fourth-order valence-electron chi connectivity index (χ4n) is 2.43. The van der Waals surface area contributed by atoms with Crippen LogP contribution in [0.1, 0.15) is 18.4 Å². The minimum atomic E-state index is 0.295. The van der Waals surface area contributed by atoms with Gasteiger partial charge in [0.25, 0.3) is 0 Å². The molecular formula is C14H19N3. The maximum Gasteiger partial charge on any atom is 0.0643 e. The maximum atomic E-state index is 8.94. The Labute approximate surface area is 103 Å². The average molecular weight is 229 g/mol. The highest BCUT2D eigenvalue weighted by atomic mass is 15.2. The fraction of sp³-hybridized carbons (Fsp3) is 0.500. The van der Waals surface area contributed by atoms with Crippen molar-refractivity contribution in [3.05, 3.63) is 29.8 Å². The molecule has 1 atom stereocenters. The van der Waals surface area contributed by atoms with E-state index in [0.29, 0.717) is 12.5 Å². The molecule has 0 saturated carbocycles. The highest BCUT2D eigenvalue weighted by Crippen LogP contribution is 2.23. The Morgan fingerprint density at radius 1 is 1.47 bits per heavy atom. The van der Waals surface area contributed by atoms with Crippen molar-refractivity contribution >= 4 is 5.69 Å². The lowest BCUT2D eigenvalue weighted by Crippen LogP contribution is -2.39. The highest BCUT2D eigenvalue weighted by Gasteiger charge is 2.21. The quantitative estimate of drug-likeness (QED) is 0.844. The number of nitrogens with zero attached hydrogens (tertiary/aromatic N) is 2. The second kappa shape index (κ2) is 5.70. The zero-order chi connectivity index (χ0) is 12.1. The van der Waals surface area contributed by atoms with E-state index in [1.54, 1.807) is 0 Å². The Morgan fingerprint density at radius 2 is 2.29 bits per heavy atom. The monoisotopic (exact) mass is 229 g/mol. The number of aryl methyl sites for hydroxylation is 1. The van der Waals surface area contributed by atoms with Gasteiger partial charge in [-0.25, -0.2) is 0 Å². The van der Waals surface area contributed by atoms with Crippen LogP contribution in [-0.2, 0) is 0 Å². The second-order valence-electron chi connectivity index (χ2n) is 4.55. The summed E-state index contributed by atoms with van der Waals surface area (Å²) in [6, 6.07) is 11.0. The predicted octanol–water partition coefficient (Wildman–Crippen LogP) is 2.08. The SMILES string of the molecule is Cc1ccccc1N1CCCNCC1CC#N. The van der Waals surface area contributed by atoms with E-state index >= 15 is 0 Å². The molecular weight excluding hydrogens is 210 g/mol. The molecule has 0 aliphatic carbocycles. The Hall–Kier alpha value is -1.53. The van der Waals surface area contributed by atoms with Crippen LogP contribution in [0.5, 0.6) is 0 Å². The molecule has 1 fully saturated rings. The van der Waals surface area contributed by atoms with Crippen LogP contribution in [0.4, 0.5) is 5.69 Å². The van der Waals surface area contributed by atoms with Crippen molar-refractivity contribution in [2.45, 2.75) is 25.8 Å². The van der Waals surface area contributed by atoms with E-state index in [2.05, 4.69) is 47.5 Å². The first-order valence-corrected chi connectivity index (χ1v) is 6.23. The predicted molar refractivity (Wildman–Crippen MR) is 70.0 cm³/mol. The van der Waals surface area contributed by atoms with Gasteiger partial charge in [-0.2, -0.15) is 5.26 Å². The minimum Gasteiger partial charge on any atom is -0.366 e. The third-order valence-electron chi connectivity index (χ3n) is 3.33. The normalized spacial score (nSPS) is 20.7. The molecule has 17 heavy (non-hydrogen) atoms. The zero-order valence-electron chi connectivity index (χ0n) is 10.3. The van der Waals surface area contributed by atoms with Crippen molar-refractivity contribution in [1.82, 2.24) is 5.32 Å². The number of hydrogen-bond acceptors (Lipinski definition) is 3. The number of benzene rings is 1. The van der Waals surface area contributed by atoms with E-state index in [0.717, 1.165) is 26.1 Å². The molecule has 1 saturated heterocycles. The lowest BCUT2D eigenvalue weighted by atomic mass is 10.1. The number of nitriles is 1. The standard InChI is InChI=1S/C14H19N3/c1-12-5-2-3-6-14(12)17-10-4-9-16-11-13(17)7-8-15/h2-3,5-6,13,16H,4,7,9-11H2,1H3. The smallest absolute Gasteiger partial charge is 0.0643 e. The number of nitrogens with one attached hydrogen (secondary N) is 1. The van der Waals surface area contributed by atoms with Gasteiger partial charge < -0.3 is 10.2 Å². The van der Waals surface area contributed by atoms with Gasteiger partial charge in [0, 0.05) is 18.8 Å². The van der Waals surface area contributed by atoms with E-state index < -0.39 is 0 Å². The van der Waals surface area contributed by atoms with Gasteiger partial charge in [0.05, 0.1) is 18.5 Å². The van der Waals surface area contributed by atoms with Crippen LogP contribution >= 0.6 is 0 Å². The lowest BCUT2D eigenvalue weighted by molar-refractivity contribution is 0.596. The van der Waals surface area contributed by atoms with Gasteiger partial charge in [-0.05, 0) is 31.5 Å². The summed E-state index contributed by atoms with van der Waals surface area (Å²) in [5.74, 6) is 0. The van der Waals surface area contributed by atoms with Crippen molar-refractivity contribution in [3.63, 3.8) is 0 Å². The summed E-state index contributed by atoms with van der Waals surface area (Å²) in [5, 5.41) is 12.3. The topological polar surface area (TPSA) is 39.1 Å². The van der Waals surface area contributed by atoms with E-state index in [1.165, 1.54) is 11.3 Å². The van der Waals surface area contributed by atoms with Crippen LogP contribution in [-0.4, -0.2) is 25.7 Å². The largest absolute Gasteiger partial charge is 0.366 e. The van der Waals surface area contributed by atoms with Crippen molar-refractivity contribution in [1.29, 1.82) is 5.26 Å². The van der Waals surface area contributed by atoms with Crippen molar-refractivity contribution in [3.8, 4) is 6.07 Å². The molecule has 0 bridgehead atoms. The number of hydrogen-bond donors (Lipinski definition) is 1. The Kier molecular flexibility index (Phi) is 4.00. The third kappa shape index (κ3) is 2.78. The number of para-hydroxylation sites is 1. The van der Waals surface area contributed by atoms with Gasteiger partial charge in [-0.1, -0.05) is 18.2 Å². The lowest BCUT2D eigenvalue weighted by Gasteiger charge is -2.31. The summed E-state index contributed by atoms with van der Waals surface area (Å²) in [4.78, 5) is 2.39. The van der Waals surface area contributed by atoms with Crippen molar-refractivity contribution in [2.75, 3.05) is 24.5 Å². The summed E-state index contributed by atoms with van der Waals surface area (Å²) in [5.41, 5.74) is 2.56. The highest BCUT2D eigenvalue weighted by molar-refractivity contribution is 5.54. The van der Waals surface area contributed by atoms with Crippen LogP contribution in [0.25, 0.3) is 0 Å². The maximum absolute atomic E-state index is 8.94. The van der Waals surface area contributed by atoms with Crippen molar-refractivity contribution < 1.29 is 0 Å². The summed E-state index contributed by atoms with van der Waals surface area (Å²) in [6.45, 7) is 5.12. The van der Waals surface area contributed by atoms with Gasteiger partial charge in [-0.15, -0.1) is 0 Å². The van der Waals surface area contributed by atoms with Gasteiger partial charge >= 0.3 is 0 Å². The van der Waals surface area contributed by atoms with Crippen LogP contribution in [0.2, 0.25) is 0 Å².